The van der Waals surface area contributed by atoms with E-state index >= 15 is 0 Å². The van der Waals surface area contributed by atoms with Crippen molar-refractivity contribution >= 4 is 15.9 Å². The van der Waals surface area contributed by atoms with Gasteiger partial charge < -0.3 is 11.1 Å². The van der Waals surface area contributed by atoms with Crippen molar-refractivity contribution in [2.75, 3.05) is 6.54 Å². The third-order valence-electron chi connectivity index (χ3n) is 2.20. The molecule has 0 fully saturated rings. The molecule has 1 unspecified atom stereocenters. The molecule has 0 aromatic heterocycles. The van der Waals surface area contributed by atoms with Crippen LogP contribution in [0.1, 0.15) is 11.5 Å². The van der Waals surface area contributed by atoms with Crippen LogP contribution in [-0.4, -0.2) is 6.54 Å². The summed E-state index contributed by atoms with van der Waals surface area (Å²) < 4.78 is 1.11. The van der Waals surface area contributed by atoms with E-state index in [9.17, 15) is 0 Å². The van der Waals surface area contributed by atoms with E-state index in [1.165, 1.54) is 5.56 Å². The van der Waals surface area contributed by atoms with Gasteiger partial charge in [0.1, 0.15) is 0 Å². The van der Waals surface area contributed by atoms with Gasteiger partial charge in [-0.15, -0.1) is 0 Å². The maximum atomic E-state index is 5.63. The van der Waals surface area contributed by atoms with E-state index in [4.69, 9.17) is 5.73 Å². The first-order valence-electron chi connectivity index (χ1n) is 4.22. The summed E-state index contributed by atoms with van der Waals surface area (Å²) >= 11 is 3.41. The molecule has 0 saturated heterocycles. The average Bonchev–Trinajstić information content (AvgIpc) is 2.53. The van der Waals surface area contributed by atoms with Gasteiger partial charge in [-0.3, -0.25) is 0 Å². The first kappa shape index (κ1) is 8.63. The third-order valence-corrected chi connectivity index (χ3v) is 2.73. The molecule has 2 nitrogen and oxygen atoms in total. The van der Waals surface area contributed by atoms with Crippen molar-refractivity contribution in [1.29, 1.82) is 0 Å². The number of hydrogen-bond acceptors (Lipinski definition) is 2. The smallest absolute Gasteiger partial charge is 0.0926 e. The van der Waals surface area contributed by atoms with E-state index in [1.807, 2.05) is 0 Å². The second-order valence-corrected chi connectivity index (χ2v) is 4.08. The molecule has 0 amide bonds. The molecule has 1 aliphatic heterocycles. The predicted octanol–water partition coefficient (Wildman–Crippen LogP) is 1.94. The summed E-state index contributed by atoms with van der Waals surface area (Å²) in [4.78, 5) is 0. The van der Waals surface area contributed by atoms with Gasteiger partial charge in [0.25, 0.3) is 0 Å². The number of benzene rings is 1. The van der Waals surface area contributed by atoms with Crippen LogP contribution in [0.4, 0.5) is 0 Å². The molecule has 68 valence electrons. The van der Waals surface area contributed by atoms with E-state index in [1.54, 1.807) is 0 Å². The highest BCUT2D eigenvalue weighted by Crippen LogP contribution is 2.22. The molecule has 0 spiro atoms. The minimum absolute atomic E-state index is 0.424. The first-order valence-corrected chi connectivity index (χ1v) is 5.01. The predicted molar refractivity (Wildman–Crippen MR) is 57.2 cm³/mol. The van der Waals surface area contributed by atoms with Crippen molar-refractivity contribution < 1.29 is 0 Å². The van der Waals surface area contributed by atoms with E-state index in [0.29, 0.717) is 5.92 Å². The zero-order chi connectivity index (χ0) is 9.26. The highest BCUT2D eigenvalue weighted by molar-refractivity contribution is 9.10. The Morgan fingerprint density at radius 3 is 2.54 bits per heavy atom. The Kier molecular flexibility index (Phi) is 2.27. The molecular weight excluding hydrogens is 228 g/mol. The summed E-state index contributed by atoms with van der Waals surface area (Å²) in [6.45, 7) is 0.910. The number of halogens is 1. The molecule has 1 heterocycles. The lowest BCUT2D eigenvalue weighted by Crippen LogP contribution is -2.15. The maximum absolute atomic E-state index is 5.63. The SMILES string of the molecule is NC1=CC(c2ccc(Br)cc2)CN1. The van der Waals surface area contributed by atoms with Crippen molar-refractivity contribution in [3.8, 4) is 0 Å². The molecule has 0 saturated carbocycles. The van der Waals surface area contributed by atoms with Gasteiger partial charge in [0.2, 0.25) is 0 Å². The van der Waals surface area contributed by atoms with Crippen LogP contribution in [0.25, 0.3) is 0 Å². The van der Waals surface area contributed by atoms with Gasteiger partial charge in [0, 0.05) is 16.9 Å². The minimum Gasteiger partial charge on any atom is -0.386 e. The second-order valence-electron chi connectivity index (χ2n) is 3.16. The molecule has 3 heteroatoms. The van der Waals surface area contributed by atoms with Gasteiger partial charge in [-0.05, 0) is 23.8 Å². The standard InChI is InChI=1S/C10H11BrN2/c11-9-3-1-7(2-4-9)8-5-10(12)13-6-8/h1-5,8,13H,6,12H2. The van der Waals surface area contributed by atoms with Crippen LogP contribution in [0, 0.1) is 0 Å². The summed E-state index contributed by atoms with van der Waals surface area (Å²) in [6.07, 6.45) is 2.06. The van der Waals surface area contributed by atoms with Crippen LogP contribution < -0.4 is 11.1 Å². The molecular formula is C10H11BrN2. The first-order chi connectivity index (χ1) is 6.25. The number of hydrogen-bond donors (Lipinski definition) is 2. The maximum Gasteiger partial charge on any atom is 0.0926 e. The van der Waals surface area contributed by atoms with Crippen molar-refractivity contribution in [2.24, 2.45) is 5.73 Å². The van der Waals surface area contributed by atoms with E-state index < -0.39 is 0 Å². The summed E-state index contributed by atoms with van der Waals surface area (Å²) in [5.41, 5.74) is 6.94. The third kappa shape index (κ3) is 1.86. The highest BCUT2D eigenvalue weighted by atomic mass is 79.9. The fourth-order valence-electron chi connectivity index (χ4n) is 1.49. The Hall–Kier alpha value is -0.960. The van der Waals surface area contributed by atoms with Crippen LogP contribution in [0.2, 0.25) is 0 Å². The summed E-state index contributed by atoms with van der Waals surface area (Å²) in [5.74, 6) is 1.21. The molecule has 13 heavy (non-hydrogen) atoms. The Morgan fingerprint density at radius 1 is 1.31 bits per heavy atom. The van der Waals surface area contributed by atoms with Gasteiger partial charge in [-0.1, -0.05) is 28.1 Å². The molecule has 0 bridgehead atoms. The van der Waals surface area contributed by atoms with E-state index in [-0.39, 0.29) is 0 Å². The van der Waals surface area contributed by atoms with Crippen molar-refractivity contribution in [3.05, 3.63) is 46.2 Å². The van der Waals surface area contributed by atoms with Gasteiger partial charge in [0.15, 0.2) is 0 Å². The molecule has 1 aromatic carbocycles. The Labute approximate surface area is 86.0 Å². The normalized spacial score (nSPS) is 21.0. The summed E-state index contributed by atoms with van der Waals surface area (Å²) in [7, 11) is 0. The van der Waals surface area contributed by atoms with Gasteiger partial charge in [-0.25, -0.2) is 0 Å². The van der Waals surface area contributed by atoms with Crippen LogP contribution in [0.15, 0.2) is 40.6 Å². The van der Waals surface area contributed by atoms with Crippen molar-refractivity contribution in [2.45, 2.75) is 5.92 Å². The molecule has 1 aliphatic rings. The minimum atomic E-state index is 0.424. The Balaban J connectivity index is 2.22. The van der Waals surface area contributed by atoms with Gasteiger partial charge >= 0.3 is 0 Å². The summed E-state index contributed by atoms with van der Waals surface area (Å²) in [5, 5.41) is 3.11. The fraction of sp³-hybridized carbons (Fsp3) is 0.200. The van der Waals surface area contributed by atoms with E-state index in [2.05, 4.69) is 51.6 Å². The monoisotopic (exact) mass is 238 g/mol. The topological polar surface area (TPSA) is 38.0 Å². The van der Waals surface area contributed by atoms with Crippen LogP contribution in [0.5, 0.6) is 0 Å². The molecule has 3 N–H and O–H groups in total. The molecule has 2 rings (SSSR count). The zero-order valence-electron chi connectivity index (χ0n) is 7.13. The molecule has 0 radical (unpaired) electrons. The summed E-state index contributed by atoms with van der Waals surface area (Å²) in [6, 6.07) is 8.34. The Bertz CT molecular complexity index is 329. The lowest BCUT2D eigenvalue weighted by atomic mass is 10.0. The van der Waals surface area contributed by atoms with Crippen molar-refractivity contribution in [3.63, 3.8) is 0 Å². The highest BCUT2D eigenvalue weighted by Gasteiger charge is 2.14. The zero-order valence-corrected chi connectivity index (χ0v) is 8.71. The van der Waals surface area contributed by atoms with Gasteiger partial charge in [0.05, 0.1) is 5.82 Å². The molecule has 0 aliphatic carbocycles. The largest absolute Gasteiger partial charge is 0.386 e. The Morgan fingerprint density at radius 2 is 2.00 bits per heavy atom. The van der Waals surface area contributed by atoms with Crippen molar-refractivity contribution in [1.82, 2.24) is 5.32 Å². The van der Waals surface area contributed by atoms with Crippen LogP contribution >= 0.6 is 15.9 Å². The number of rotatable bonds is 1. The average molecular weight is 239 g/mol. The lowest BCUT2D eigenvalue weighted by molar-refractivity contribution is 0.791. The quantitative estimate of drug-likeness (QED) is 0.785. The van der Waals surface area contributed by atoms with Crippen LogP contribution in [-0.2, 0) is 0 Å². The number of nitrogens with two attached hydrogens (primary N) is 1. The van der Waals surface area contributed by atoms with E-state index in [0.717, 1.165) is 16.8 Å². The fourth-order valence-corrected chi connectivity index (χ4v) is 1.75. The number of nitrogens with one attached hydrogen (secondary N) is 1. The van der Waals surface area contributed by atoms with Gasteiger partial charge in [-0.2, -0.15) is 0 Å². The lowest BCUT2D eigenvalue weighted by Gasteiger charge is -2.06. The molecule has 1 aromatic rings. The molecule has 1 atom stereocenters. The van der Waals surface area contributed by atoms with Crippen LogP contribution in [0.3, 0.4) is 0 Å². The second kappa shape index (κ2) is 3.42.